The SMILES string of the molecule is CCCC(C)C(CO)n1cnc2c(NCc3cccs3)ncnc21. The van der Waals surface area contributed by atoms with Crippen LogP contribution in [0, 0.1) is 5.92 Å². The van der Waals surface area contributed by atoms with Crippen molar-refractivity contribution in [1.29, 1.82) is 0 Å². The molecule has 2 N–H and O–H groups in total. The predicted molar refractivity (Wildman–Crippen MR) is 97.2 cm³/mol. The molecule has 24 heavy (non-hydrogen) atoms. The molecule has 0 aliphatic rings. The quantitative estimate of drug-likeness (QED) is 0.654. The van der Waals surface area contributed by atoms with Gasteiger partial charge in [-0.15, -0.1) is 11.3 Å². The van der Waals surface area contributed by atoms with Crippen molar-refractivity contribution in [2.24, 2.45) is 5.92 Å². The highest BCUT2D eigenvalue weighted by molar-refractivity contribution is 7.09. The molecular weight excluding hydrogens is 322 g/mol. The summed E-state index contributed by atoms with van der Waals surface area (Å²) < 4.78 is 1.98. The van der Waals surface area contributed by atoms with Crippen LogP contribution in [-0.2, 0) is 6.54 Å². The predicted octanol–water partition coefficient (Wildman–Crippen LogP) is 3.47. The molecule has 6 nitrogen and oxygen atoms in total. The molecule has 0 radical (unpaired) electrons. The lowest BCUT2D eigenvalue weighted by Crippen LogP contribution is -2.20. The zero-order chi connectivity index (χ0) is 16.9. The van der Waals surface area contributed by atoms with Gasteiger partial charge in [-0.3, -0.25) is 0 Å². The van der Waals surface area contributed by atoms with E-state index in [2.05, 4.69) is 45.6 Å². The maximum absolute atomic E-state index is 9.85. The lowest BCUT2D eigenvalue weighted by atomic mass is 9.97. The highest BCUT2D eigenvalue weighted by atomic mass is 32.1. The Labute approximate surface area is 145 Å². The van der Waals surface area contributed by atoms with E-state index < -0.39 is 0 Å². The number of fused-ring (bicyclic) bond motifs is 1. The van der Waals surface area contributed by atoms with Crippen molar-refractivity contribution >= 4 is 28.3 Å². The van der Waals surface area contributed by atoms with E-state index in [0.29, 0.717) is 12.5 Å². The Morgan fingerprint density at radius 2 is 2.21 bits per heavy atom. The standard InChI is InChI=1S/C17H23N5OS/c1-3-5-12(2)14(9-23)22-11-21-15-16(19-10-20-17(15)22)18-8-13-6-4-7-24-13/h4,6-7,10-12,14,23H,3,5,8-9H2,1-2H3,(H,18,19,20). The number of imidazole rings is 1. The number of aromatic nitrogens is 4. The van der Waals surface area contributed by atoms with E-state index in [1.807, 2.05) is 10.6 Å². The summed E-state index contributed by atoms with van der Waals surface area (Å²) in [6.45, 7) is 5.11. The van der Waals surface area contributed by atoms with Crippen LogP contribution < -0.4 is 5.32 Å². The molecule has 0 aromatic carbocycles. The second kappa shape index (κ2) is 7.72. The molecule has 2 atom stereocenters. The van der Waals surface area contributed by atoms with E-state index in [1.165, 1.54) is 4.88 Å². The van der Waals surface area contributed by atoms with Crippen molar-refractivity contribution in [2.45, 2.75) is 39.3 Å². The summed E-state index contributed by atoms with van der Waals surface area (Å²) in [5.41, 5.74) is 1.51. The van der Waals surface area contributed by atoms with Crippen molar-refractivity contribution in [3.63, 3.8) is 0 Å². The van der Waals surface area contributed by atoms with Gasteiger partial charge in [-0.05, 0) is 23.8 Å². The van der Waals surface area contributed by atoms with Gasteiger partial charge in [0.2, 0.25) is 0 Å². The van der Waals surface area contributed by atoms with Crippen LogP contribution in [0.1, 0.15) is 37.6 Å². The molecule has 0 amide bonds. The fourth-order valence-electron chi connectivity index (χ4n) is 3.00. The third-order valence-electron chi connectivity index (χ3n) is 4.31. The Bertz CT molecular complexity index is 770. The van der Waals surface area contributed by atoms with Gasteiger partial charge in [0.15, 0.2) is 11.5 Å². The molecule has 3 aromatic heterocycles. The Balaban J connectivity index is 1.87. The number of aliphatic hydroxyl groups is 1. The third kappa shape index (κ3) is 3.42. The lowest BCUT2D eigenvalue weighted by molar-refractivity contribution is 0.183. The van der Waals surface area contributed by atoms with Crippen LogP contribution in [0.4, 0.5) is 5.82 Å². The van der Waals surface area contributed by atoms with Gasteiger partial charge in [0.25, 0.3) is 0 Å². The van der Waals surface area contributed by atoms with Crippen LogP contribution in [0.2, 0.25) is 0 Å². The summed E-state index contributed by atoms with van der Waals surface area (Å²) >= 11 is 1.71. The van der Waals surface area contributed by atoms with E-state index >= 15 is 0 Å². The summed E-state index contributed by atoms with van der Waals surface area (Å²) in [4.78, 5) is 14.5. The van der Waals surface area contributed by atoms with E-state index in [-0.39, 0.29) is 12.6 Å². The van der Waals surface area contributed by atoms with E-state index in [1.54, 1.807) is 24.0 Å². The van der Waals surface area contributed by atoms with Crippen LogP contribution in [-0.4, -0.2) is 31.2 Å². The highest BCUT2D eigenvalue weighted by Gasteiger charge is 2.21. The van der Waals surface area contributed by atoms with E-state index in [9.17, 15) is 5.11 Å². The van der Waals surface area contributed by atoms with Crippen molar-refractivity contribution in [2.75, 3.05) is 11.9 Å². The first-order valence-corrected chi connectivity index (χ1v) is 9.17. The lowest BCUT2D eigenvalue weighted by Gasteiger charge is -2.23. The van der Waals surface area contributed by atoms with Gasteiger partial charge in [-0.2, -0.15) is 0 Å². The topological polar surface area (TPSA) is 75.9 Å². The van der Waals surface area contributed by atoms with Gasteiger partial charge in [0.05, 0.1) is 25.5 Å². The van der Waals surface area contributed by atoms with Crippen LogP contribution in [0.5, 0.6) is 0 Å². The third-order valence-corrected chi connectivity index (χ3v) is 5.19. The second-order valence-electron chi connectivity index (χ2n) is 6.00. The molecule has 0 aliphatic carbocycles. The minimum absolute atomic E-state index is 0.0185. The number of nitrogens with zero attached hydrogens (tertiary/aromatic N) is 4. The Morgan fingerprint density at radius 3 is 2.92 bits per heavy atom. The number of anilines is 1. The normalized spacial score (nSPS) is 14.0. The first-order chi connectivity index (χ1) is 11.7. The molecule has 0 fully saturated rings. The average Bonchev–Trinajstić information content (AvgIpc) is 3.24. The maximum atomic E-state index is 9.85. The number of rotatable bonds is 8. The van der Waals surface area contributed by atoms with Gasteiger partial charge in [-0.25, -0.2) is 15.0 Å². The minimum atomic E-state index is -0.0185. The van der Waals surface area contributed by atoms with Gasteiger partial charge >= 0.3 is 0 Å². The van der Waals surface area contributed by atoms with Gasteiger partial charge in [0, 0.05) is 4.88 Å². The number of aliphatic hydroxyl groups excluding tert-OH is 1. The Kier molecular flexibility index (Phi) is 5.42. The van der Waals surface area contributed by atoms with Crippen molar-refractivity contribution < 1.29 is 5.11 Å². The molecule has 3 heterocycles. The molecule has 2 unspecified atom stereocenters. The first-order valence-electron chi connectivity index (χ1n) is 8.29. The molecule has 3 aromatic rings. The van der Waals surface area contributed by atoms with Gasteiger partial charge in [0.1, 0.15) is 11.8 Å². The smallest absolute Gasteiger partial charge is 0.165 e. The Morgan fingerprint density at radius 1 is 1.33 bits per heavy atom. The minimum Gasteiger partial charge on any atom is -0.394 e. The van der Waals surface area contributed by atoms with Gasteiger partial charge in [-0.1, -0.05) is 26.3 Å². The molecule has 128 valence electrons. The zero-order valence-electron chi connectivity index (χ0n) is 14.0. The Hall–Kier alpha value is -1.99. The molecule has 0 saturated heterocycles. The molecule has 3 rings (SSSR count). The molecule has 0 bridgehead atoms. The fourth-order valence-corrected chi connectivity index (χ4v) is 3.64. The van der Waals surface area contributed by atoms with Crippen molar-refractivity contribution in [1.82, 2.24) is 19.5 Å². The van der Waals surface area contributed by atoms with Crippen molar-refractivity contribution in [3.8, 4) is 0 Å². The van der Waals surface area contributed by atoms with Crippen molar-refractivity contribution in [3.05, 3.63) is 35.0 Å². The fraction of sp³-hybridized carbons (Fsp3) is 0.471. The monoisotopic (exact) mass is 345 g/mol. The second-order valence-corrected chi connectivity index (χ2v) is 7.03. The zero-order valence-corrected chi connectivity index (χ0v) is 14.8. The number of hydrogen-bond donors (Lipinski definition) is 2. The van der Waals surface area contributed by atoms with Crippen LogP contribution in [0.25, 0.3) is 11.2 Å². The number of hydrogen-bond acceptors (Lipinski definition) is 6. The summed E-state index contributed by atoms with van der Waals surface area (Å²) in [6.07, 6.45) is 5.46. The number of thiophene rings is 1. The average molecular weight is 345 g/mol. The first kappa shape index (κ1) is 16.9. The van der Waals surface area contributed by atoms with E-state index in [4.69, 9.17) is 0 Å². The maximum Gasteiger partial charge on any atom is 0.165 e. The number of nitrogens with one attached hydrogen (secondary N) is 1. The van der Waals surface area contributed by atoms with Gasteiger partial charge < -0.3 is 15.0 Å². The van der Waals surface area contributed by atoms with Crippen LogP contribution in [0.3, 0.4) is 0 Å². The summed E-state index contributed by atoms with van der Waals surface area (Å²) in [7, 11) is 0. The van der Waals surface area contributed by atoms with E-state index in [0.717, 1.165) is 29.8 Å². The molecule has 0 aliphatic heterocycles. The molecule has 0 spiro atoms. The summed E-state index contributed by atoms with van der Waals surface area (Å²) in [5, 5.41) is 15.2. The summed E-state index contributed by atoms with van der Waals surface area (Å²) in [5.74, 6) is 1.09. The molecule has 7 heteroatoms. The highest BCUT2D eigenvalue weighted by Crippen LogP contribution is 2.27. The molecular formula is C17H23N5OS. The summed E-state index contributed by atoms with van der Waals surface area (Å²) in [6, 6.07) is 4.10. The van der Waals surface area contributed by atoms with Crippen LogP contribution >= 0.6 is 11.3 Å². The largest absolute Gasteiger partial charge is 0.394 e. The molecule has 0 saturated carbocycles. The van der Waals surface area contributed by atoms with Crippen LogP contribution in [0.15, 0.2) is 30.2 Å².